The van der Waals surface area contributed by atoms with E-state index in [9.17, 15) is 29.1 Å². The number of guanidine groups is 1. The van der Waals surface area contributed by atoms with Gasteiger partial charge in [-0.3, -0.25) is 24.2 Å². The van der Waals surface area contributed by atoms with Crippen molar-refractivity contribution in [2.24, 2.45) is 27.9 Å². The lowest BCUT2D eigenvalue weighted by atomic mass is 10.1. The van der Waals surface area contributed by atoms with Crippen LogP contribution in [0.25, 0.3) is 0 Å². The average molecular weight is 493 g/mol. The lowest BCUT2D eigenvalue weighted by Gasteiger charge is -2.24. The number of carboxylic acid groups (broad SMARTS) is 1. The maximum absolute atomic E-state index is 12.6. The standard InChI is InChI=1S/C17H32N8O7S/c1-7(26)12(16(31)32)25-15(30)10(6-33)24-14(29)9(5-11(19)27)23-13(28)8(18)3-2-4-22-17(20)21/h7-10,12,26,33H,2-6,18H2,1H3,(H2,19,27)(H,23,28)(H,24,29)(H,25,30)(H,31,32)(H4,20,21,22). The molecule has 0 fully saturated rings. The first-order valence-electron chi connectivity index (χ1n) is 9.82. The Hall–Kier alpha value is -3.11. The fourth-order valence-electron chi connectivity index (χ4n) is 2.45. The van der Waals surface area contributed by atoms with Gasteiger partial charge in [0.05, 0.1) is 18.6 Å². The van der Waals surface area contributed by atoms with Crippen molar-refractivity contribution in [3.05, 3.63) is 0 Å². The second-order valence-corrected chi connectivity index (χ2v) is 7.46. The molecule has 188 valence electrons. The average Bonchev–Trinajstić information content (AvgIpc) is 2.71. The van der Waals surface area contributed by atoms with Gasteiger partial charge in [0.2, 0.25) is 23.6 Å². The van der Waals surface area contributed by atoms with Crippen molar-refractivity contribution >= 4 is 48.2 Å². The molecule has 0 heterocycles. The van der Waals surface area contributed by atoms with Crippen LogP contribution in [0.3, 0.4) is 0 Å². The Balaban J connectivity index is 5.16. The first-order valence-corrected chi connectivity index (χ1v) is 10.5. The zero-order valence-corrected chi connectivity index (χ0v) is 19.0. The van der Waals surface area contributed by atoms with E-state index in [-0.39, 0.29) is 24.7 Å². The summed E-state index contributed by atoms with van der Waals surface area (Å²) in [5.74, 6) is -5.44. The number of rotatable bonds is 15. The summed E-state index contributed by atoms with van der Waals surface area (Å²) in [4.78, 5) is 63.5. The van der Waals surface area contributed by atoms with E-state index < -0.39 is 66.3 Å². The molecule has 0 aromatic carbocycles. The van der Waals surface area contributed by atoms with Crippen LogP contribution >= 0.6 is 12.6 Å². The summed E-state index contributed by atoms with van der Waals surface area (Å²) in [7, 11) is 0. The van der Waals surface area contributed by atoms with E-state index >= 15 is 0 Å². The van der Waals surface area contributed by atoms with Crippen molar-refractivity contribution in [2.45, 2.75) is 56.5 Å². The number of carboxylic acids is 1. The van der Waals surface area contributed by atoms with Crippen LogP contribution in [0.4, 0.5) is 0 Å². The zero-order chi connectivity index (χ0) is 25.7. The third-order valence-corrected chi connectivity index (χ3v) is 4.57. The summed E-state index contributed by atoms with van der Waals surface area (Å²) in [6, 6.07) is -5.48. The summed E-state index contributed by atoms with van der Waals surface area (Å²) in [5, 5.41) is 25.2. The number of aliphatic imine (C=N–C) groups is 1. The van der Waals surface area contributed by atoms with Gasteiger partial charge in [0.15, 0.2) is 12.0 Å². The molecule has 0 saturated heterocycles. The molecule has 33 heavy (non-hydrogen) atoms. The summed E-state index contributed by atoms with van der Waals surface area (Å²) in [5.41, 5.74) is 21.3. The van der Waals surface area contributed by atoms with Crippen molar-refractivity contribution in [1.29, 1.82) is 0 Å². The van der Waals surface area contributed by atoms with E-state index in [1.807, 2.05) is 0 Å². The first kappa shape index (κ1) is 29.9. The van der Waals surface area contributed by atoms with Gasteiger partial charge in [0.25, 0.3) is 0 Å². The molecular weight excluding hydrogens is 460 g/mol. The Labute approximate surface area is 195 Å². The van der Waals surface area contributed by atoms with Gasteiger partial charge in [-0.25, -0.2) is 4.79 Å². The topological polar surface area (TPSA) is 278 Å². The molecule has 0 aromatic heterocycles. The molecule has 0 aromatic rings. The number of hydrogen-bond acceptors (Lipinski definition) is 9. The third-order valence-electron chi connectivity index (χ3n) is 4.20. The largest absolute Gasteiger partial charge is 0.480 e. The molecule has 5 unspecified atom stereocenters. The van der Waals surface area contributed by atoms with Crippen molar-refractivity contribution < 1.29 is 34.2 Å². The molecule has 16 heteroatoms. The van der Waals surface area contributed by atoms with Crippen molar-refractivity contribution in [1.82, 2.24) is 16.0 Å². The Morgan fingerprint density at radius 2 is 1.52 bits per heavy atom. The predicted octanol–water partition coefficient (Wildman–Crippen LogP) is -4.91. The van der Waals surface area contributed by atoms with E-state index in [2.05, 4.69) is 33.6 Å². The number of carbonyl (C=O) groups is 5. The summed E-state index contributed by atoms with van der Waals surface area (Å²) >= 11 is 3.95. The van der Waals surface area contributed by atoms with Gasteiger partial charge in [-0.2, -0.15) is 12.6 Å². The maximum atomic E-state index is 12.6. The number of aliphatic hydroxyl groups excluding tert-OH is 1. The monoisotopic (exact) mass is 492 g/mol. The number of aliphatic carboxylic acids is 1. The fourth-order valence-corrected chi connectivity index (χ4v) is 2.71. The zero-order valence-electron chi connectivity index (χ0n) is 18.1. The summed E-state index contributed by atoms with van der Waals surface area (Å²) in [6.07, 6.45) is -1.47. The van der Waals surface area contributed by atoms with Crippen LogP contribution in [0.15, 0.2) is 4.99 Å². The minimum Gasteiger partial charge on any atom is -0.480 e. The van der Waals surface area contributed by atoms with Gasteiger partial charge in [0.1, 0.15) is 12.1 Å². The Bertz CT molecular complexity index is 745. The van der Waals surface area contributed by atoms with E-state index in [4.69, 9.17) is 28.0 Å². The lowest BCUT2D eigenvalue weighted by molar-refractivity contribution is -0.145. The van der Waals surface area contributed by atoms with Crippen molar-refractivity contribution in [3.8, 4) is 0 Å². The smallest absolute Gasteiger partial charge is 0.328 e. The first-order chi connectivity index (χ1) is 15.3. The molecule has 0 aliphatic heterocycles. The number of nitrogens with two attached hydrogens (primary N) is 4. The second kappa shape index (κ2) is 14.9. The normalized spacial score (nSPS) is 15.2. The number of primary amides is 1. The lowest BCUT2D eigenvalue weighted by Crippen LogP contribution is -2.59. The molecule has 0 saturated carbocycles. The molecular formula is C17H32N8O7S. The van der Waals surface area contributed by atoms with E-state index in [1.54, 1.807) is 0 Å². The number of nitrogens with one attached hydrogen (secondary N) is 3. The van der Waals surface area contributed by atoms with Crippen molar-refractivity contribution in [2.75, 3.05) is 12.3 Å². The number of amides is 4. The SMILES string of the molecule is CC(O)C(NC(=O)C(CS)NC(=O)C(CC(N)=O)NC(=O)C(N)CCCN=C(N)N)C(=O)O. The minimum absolute atomic E-state index is 0.114. The van der Waals surface area contributed by atoms with Gasteiger partial charge in [-0.05, 0) is 19.8 Å². The number of thiol groups is 1. The highest BCUT2D eigenvalue weighted by Crippen LogP contribution is 2.01. The second-order valence-electron chi connectivity index (χ2n) is 7.10. The van der Waals surface area contributed by atoms with Crippen molar-refractivity contribution in [3.63, 3.8) is 0 Å². The molecule has 0 bridgehead atoms. The minimum atomic E-state index is -1.63. The van der Waals surface area contributed by atoms with Crippen LogP contribution in [-0.4, -0.2) is 88.3 Å². The van der Waals surface area contributed by atoms with Crippen LogP contribution in [-0.2, 0) is 24.0 Å². The highest BCUT2D eigenvalue weighted by Gasteiger charge is 2.31. The molecule has 0 spiro atoms. The Kier molecular flexibility index (Phi) is 13.5. The van der Waals surface area contributed by atoms with E-state index in [0.29, 0.717) is 6.42 Å². The molecule has 15 nitrogen and oxygen atoms in total. The summed E-state index contributed by atoms with van der Waals surface area (Å²) < 4.78 is 0. The Morgan fingerprint density at radius 1 is 0.970 bits per heavy atom. The van der Waals surface area contributed by atoms with Gasteiger partial charge < -0.3 is 49.1 Å². The number of aliphatic hydroxyl groups is 1. The molecule has 0 radical (unpaired) electrons. The highest BCUT2D eigenvalue weighted by molar-refractivity contribution is 7.80. The number of carbonyl (C=O) groups excluding carboxylic acids is 4. The van der Waals surface area contributed by atoms with Crippen LogP contribution in [0.5, 0.6) is 0 Å². The maximum Gasteiger partial charge on any atom is 0.328 e. The van der Waals surface area contributed by atoms with Crippen LogP contribution in [0.1, 0.15) is 26.2 Å². The number of nitrogens with zero attached hydrogens (tertiary/aromatic N) is 1. The fraction of sp³-hybridized carbons (Fsp3) is 0.647. The molecule has 0 aliphatic carbocycles. The van der Waals surface area contributed by atoms with Gasteiger partial charge in [-0.1, -0.05) is 0 Å². The van der Waals surface area contributed by atoms with Crippen LogP contribution in [0.2, 0.25) is 0 Å². The highest BCUT2D eigenvalue weighted by atomic mass is 32.1. The van der Waals surface area contributed by atoms with Gasteiger partial charge in [-0.15, -0.1) is 0 Å². The molecule has 4 amide bonds. The summed E-state index contributed by atoms with van der Waals surface area (Å²) in [6.45, 7) is 1.39. The molecule has 5 atom stereocenters. The Morgan fingerprint density at radius 3 is 1.97 bits per heavy atom. The van der Waals surface area contributed by atoms with Crippen LogP contribution < -0.4 is 38.9 Å². The van der Waals surface area contributed by atoms with Crippen LogP contribution in [0, 0.1) is 0 Å². The quantitative estimate of drug-likeness (QED) is 0.0450. The molecule has 0 rings (SSSR count). The molecule has 13 N–H and O–H groups in total. The number of hydrogen-bond donors (Lipinski definition) is 10. The van der Waals surface area contributed by atoms with E-state index in [1.165, 1.54) is 0 Å². The predicted molar refractivity (Wildman–Crippen MR) is 121 cm³/mol. The van der Waals surface area contributed by atoms with E-state index in [0.717, 1.165) is 6.92 Å². The molecule has 0 aliphatic rings. The third kappa shape index (κ3) is 11.9. The van der Waals surface area contributed by atoms with Gasteiger partial charge >= 0.3 is 5.97 Å². The van der Waals surface area contributed by atoms with Gasteiger partial charge in [0, 0.05) is 12.3 Å².